The van der Waals surface area contributed by atoms with Crippen LogP contribution < -0.4 is 15.4 Å². The van der Waals surface area contributed by atoms with Gasteiger partial charge in [-0.25, -0.2) is 0 Å². The highest BCUT2D eigenvalue weighted by molar-refractivity contribution is 7.80. The summed E-state index contributed by atoms with van der Waals surface area (Å²) in [5, 5.41) is 15.9. The molecule has 0 saturated heterocycles. The molecule has 0 aliphatic rings. The Morgan fingerprint density at radius 1 is 1.25 bits per heavy atom. The second-order valence-corrected chi connectivity index (χ2v) is 5.94. The van der Waals surface area contributed by atoms with Crippen molar-refractivity contribution in [3.05, 3.63) is 59.7 Å². The largest absolute Gasteiger partial charge is 0.489 e. The van der Waals surface area contributed by atoms with Crippen molar-refractivity contribution in [2.24, 2.45) is 0 Å². The number of thiocarbonyl (C=S) groups is 1. The van der Waals surface area contributed by atoms with E-state index in [-0.39, 0.29) is 0 Å². The van der Waals surface area contributed by atoms with Crippen molar-refractivity contribution in [2.75, 3.05) is 5.32 Å². The molecule has 0 aliphatic carbocycles. The SMILES string of the molecule is CCC(C)NC(=S)Nc1ccc(OCc2cccc(C#N)c2)cc1. The minimum atomic E-state index is 0.344. The van der Waals surface area contributed by atoms with Crippen molar-refractivity contribution in [1.29, 1.82) is 5.26 Å². The molecule has 2 aromatic carbocycles. The maximum atomic E-state index is 8.91. The lowest BCUT2D eigenvalue weighted by atomic mass is 10.1. The van der Waals surface area contributed by atoms with Crippen LogP contribution in [0, 0.1) is 11.3 Å². The quantitative estimate of drug-likeness (QED) is 0.772. The summed E-state index contributed by atoms with van der Waals surface area (Å²) < 4.78 is 5.75. The molecule has 2 N–H and O–H groups in total. The van der Waals surface area contributed by atoms with Crippen LogP contribution in [0.4, 0.5) is 5.69 Å². The summed E-state index contributed by atoms with van der Waals surface area (Å²) in [6.07, 6.45) is 1.02. The number of hydrogen-bond donors (Lipinski definition) is 2. The van der Waals surface area contributed by atoms with E-state index in [4.69, 9.17) is 22.2 Å². The van der Waals surface area contributed by atoms with Gasteiger partial charge in [-0.15, -0.1) is 0 Å². The standard InChI is InChI=1S/C19H21N3OS/c1-3-14(2)21-19(24)22-17-7-9-18(10-8-17)23-13-16-6-4-5-15(11-16)12-20/h4-11,14H,3,13H2,1-2H3,(H2,21,22,24). The normalized spacial score (nSPS) is 11.2. The number of hydrogen-bond acceptors (Lipinski definition) is 3. The lowest BCUT2D eigenvalue weighted by Gasteiger charge is -2.15. The fourth-order valence-electron chi connectivity index (χ4n) is 2.02. The number of ether oxygens (including phenoxy) is 1. The highest BCUT2D eigenvalue weighted by Gasteiger charge is 2.03. The molecular weight excluding hydrogens is 318 g/mol. The summed E-state index contributed by atoms with van der Waals surface area (Å²) in [7, 11) is 0. The third kappa shape index (κ3) is 5.56. The van der Waals surface area contributed by atoms with Gasteiger partial charge in [0.2, 0.25) is 0 Å². The maximum absolute atomic E-state index is 8.91. The maximum Gasteiger partial charge on any atom is 0.170 e. The highest BCUT2D eigenvalue weighted by Crippen LogP contribution is 2.17. The van der Waals surface area contributed by atoms with Crippen molar-refractivity contribution in [2.45, 2.75) is 32.9 Å². The second-order valence-electron chi connectivity index (χ2n) is 5.53. The van der Waals surface area contributed by atoms with Gasteiger partial charge in [-0.3, -0.25) is 0 Å². The lowest BCUT2D eigenvalue weighted by molar-refractivity contribution is 0.306. The molecule has 2 rings (SSSR count). The van der Waals surface area contributed by atoms with Crippen LogP contribution in [0.5, 0.6) is 5.75 Å². The Hall–Kier alpha value is -2.58. The summed E-state index contributed by atoms with van der Waals surface area (Å²) in [5.41, 5.74) is 2.52. The van der Waals surface area contributed by atoms with Crippen molar-refractivity contribution in [3.8, 4) is 11.8 Å². The van der Waals surface area contributed by atoms with Gasteiger partial charge in [-0.1, -0.05) is 19.1 Å². The Bertz CT molecular complexity index is 722. The summed E-state index contributed by atoms with van der Waals surface area (Å²) in [6.45, 7) is 4.63. The lowest BCUT2D eigenvalue weighted by Crippen LogP contribution is -2.35. The van der Waals surface area contributed by atoms with E-state index in [9.17, 15) is 0 Å². The van der Waals surface area contributed by atoms with Crippen molar-refractivity contribution in [3.63, 3.8) is 0 Å². The summed E-state index contributed by atoms with van der Waals surface area (Å²) in [4.78, 5) is 0. The van der Waals surface area contributed by atoms with Gasteiger partial charge in [0.05, 0.1) is 11.6 Å². The van der Waals surface area contributed by atoms with Crippen LogP contribution in [-0.4, -0.2) is 11.2 Å². The molecule has 2 aromatic rings. The molecule has 0 bridgehead atoms. The Balaban J connectivity index is 1.87. The van der Waals surface area contributed by atoms with E-state index in [1.54, 1.807) is 6.07 Å². The minimum Gasteiger partial charge on any atom is -0.489 e. The van der Waals surface area contributed by atoms with Crippen molar-refractivity contribution >= 4 is 23.0 Å². The van der Waals surface area contributed by atoms with Crippen LogP contribution in [0.3, 0.4) is 0 Å². The Morgan fingerprint density at radius 3 is 2.67 bits per heavy atom. The van der Waals surface area contributed by atoms with Gasteiger partial charge in [-0.2, -0.15) is 5.26 Å². The number of rotatable bonds is 6. The zero-order valence-corrected chi connectivity index (χ0v) is 14.7. The predicted molar refractivity (Wildman–Crippen MR) is 101 cm³/mol. The number of anilines is 1. The number of nitrogens with one attached hydrogen (secondary N) is 2. The first kappa shape index (κ1) is 17.8. The molecule has 1 atom stereocenters. The zero-order valence-electron chi connectivity index (χ0n) is 13.9. The number of benzene rings is 2. The van der Waals surface area contributed by atoms with Crippen LogP contribution in [-0.2, 0) is 6.61 Å². The average molecular weight is 339 g/mol. The Kier molecular flexibility index (Phi) is 6.59. The van der Waals surface area contributed by atoms with Crippen molar-refractivity contribution in [1.82, 2.24) is 5.32 Å². The van der Waals surface area contributed by atoms with Gasteiger partial charge < -0.3 is 15.4 Å². The first-order chi connectivity index (χ1) is 11.6. The van der Waals surface area contributed by atoms with Crippen LogP contribution in [0.15, 0.2) is 48.5 Å². The van der Waals surface area contributed by atoms with E-state index in [0.29, 0.717) is 23.3 Å². The Morgan fingerprint density at radius 2 is 2.00 bits per heavy atom. The smallest absolute Gasteiger partial charge is 0.170 e. The molecule has 0 amide bonds. The van der Waals surface area contributed by atoms with Crippen LogP contribution in [0.2, 0.25) is 0 Å². The Labute approximate surface area is 148 Å². The molecule has 0 saturated carbocycles. The molecule has 4 nitrogen and oxygen atoms in total. The van der Waals surface area contributed by atoms with Gasteiger partial charge in [0, 0.05) is 11.7 Å². The second kappa shape index (κ2) is 8.90. The molecule has 0 aliphatic heterocycles. The molecular formula is C19H21N3OS. The van der Waals surface area contributed by atoms with Crippen LogP contribution in [0.25, 0.3) is 0 Å². The third-order valence-electron chi connectivity index (χ3n) is 3.56. The van der Waals surface area contributed by atoms with E-state index in [1.165, 1.54) is 0 Å². The summed E-state index contributed by atoms with van der Waals surface area (Å²) in [5.74, 6) is 0.767. The van der Waals surface area contributed by atoms with E-state index < -0.39 is 0 Å². The highest BCUT2D eigenvalue weighted by atomic mass is 32.1. The molecule has 0 spiro atoms. The van der Waals surface area contributed by atoms with Gasteiger partial charge in [0.25, 0.3) is 0 Å². The molecule has 1 unspecified atom stereocenters. The van der Waals surface area contributed by atoms with Gasteiger partial charge >= 0.3 is 0 Å². The van der Waals surface area contributed by atoms with E-state index in [1.807, 2.05) is 42.5 Å². The van der Waals surface area contributed by atoms with Gasteiger partial charge in [0.15, 0.2) is 5.11 Å². The van der Waals surface area contributed by atoms with Crippen LogP contribution >= 0.6 is 12.2 Å². The summed E-state index contributed by atoms with van der Waals surface area (Å²) >= 11 is 5.27. The van der Waals surface area contributed by atoms with E-state index in [0.717, 1.165) is 23.4 Å². The summed E-state index contributed by atoms with van der Waals surface area (Å²) in [6, 6.07) is 17.5. The fraction of sp³-hybridized carbons (Fsp3) is 0.263. The monoisotopic (exact) mass is 339 g/mol. The predicted octanol–water partition coefficient (Wildman–Crippen LogP) is 4.22. The zero-order chi connectivity index (χ0) is 17.4. The van der Waals surface area contributed by atoms with Gasteiger partial charge in [0.1, 0.15) is 12.4 Å². The fourth-order valence-corrected chi connectivity index (χ4v) is 2.34. The number of nitrogens with zero attached hydrogens (tertiary/aromatic N) is 1. The van der Waals surface area contributed by atoms with E-state index in [2.05, 4.69) is 30.6 Å². The minimum absolute atomic E-state index is 0.344. The first-order valence-corrected chi connectivity index (χ1v) is 8.31. The number of nitriles is 1. The molecule has 24 heavy (non-hydrogen) atoms. The average Bonchev–Trinajstić information content (AvgIpc) is 2.61. The molecule has 124 valence electrons. The molecule has 0 heterocycles. The third-order valence-corrected chi connectivity index (χ3v) is 3.78. The van der Waals surface area contributed by atoms with Crippen molar-refractivity contribution < 1.29 is 4.74 Å². The van der Waals surface area contributed by atoms with Gasteiger partial charge in [-0.05, 0) is 67.5 Å². The first-order valence-electron chi connectivity index (χ1n) is 7.90. The van der Waals surface area contributed by atoms with E-state index >= 15 is 0 Å². The van der Waals surface area contributed by atoms with Crippen LogP contribution in [0.1, 0.15) is 31.4 Å². The molecule has 0 fully saturated rings. The molecule has 5 heteroatoms. The molecule has 0 aromatic heterocycles. The molecule has 0 radical (unpaired) electrons. The topological polar surface area (TPSA) is 57.1 Å².